The van der Waals surface area contributed by atoms with E-state index in [-0.39, 0.29) is 36.7 Å². The molecule has 2 aromatic rings. The average Bonchev–Trinajstić information content (AvgIpc) is 3.91. The van der Waals surface area contributed by atoms with E-state index in [9.17, 15) is 39.0 Å². The summed E-state index contributed by atoms with van der Waals surface area (Å²) in [6, 6.07) is 13.5. The Morgan fingerprint density at radius 2 is 1.26 bits per heavy atom. The number of carboxylic acids is 1. The van der Waals surface area contributed by atoms with Crippen LogP contribution in [0, 0.1) is 11.3 Å². The predicted molar refractivity (Wildman–Crippen MR) is 219 cm³/mol. The summed E-state index contributed by atoms with van der Waals surface area (Å²) in [5.41, 5.74) is 3.65. The normalized spacial score (nSPS) is 20.3. The van der Waals surface area contributed by atoms with Crippen LogP contribution in [0.25, 0.3) is 0 Å². The van der Waals surface area contributed by atoms with Crippen molar-refractivity contribution in [3.05, 3.63) is 106 Å². The van der Waals surface area contributed by atoms with E-state index in [1.165, 1.54) is 18.7 Å². The summed E-state index contributed by atoms with van der Waals surface area (Å²) in [7, 11) is 0. The summed E-state index contributed by atoms with van der Waals surface area (Å²) in [6.07, 6.45) is 3.61. The highest BCUT2D eigenvalue weighted by Crippen LogP contribution is 2.65. The molecule has 0 bridgehead atoms. The zero-order chi connectivity index (χ0) is 41.7. The molecule has 0 heterocycles. The SMILES string of the molecule is CC(=O)N[C@H](CSCC1=C(C)C=C2C(=O)[C@](C)(O)C3(CC3)C(C)=C21)C(=O)N[C@@H](Cc1ccccc1)C(=O)N[C@@H](Cc1ccccc1)C(=O)N[C@@H](CC(C)C)C(=O)O. The summed E-state index contributed by atoms with van der Waals surface area (Å²) >= 11 is 1.40. The Morgan fingerprint density at radius 3 is 1.72 bits per heavy atom. The average molecular weight is 799 g/mol. The Hall–Kier alpha value is -5.01. The number of carbonyl (C=O) groups is 6. The highest BCUT2D eigenvalue weighted by atomic mass is 32.2. The van der Waals surface area contributed by atoms with Crippen LogP contribution in [0.4, 0.5) is 0 Å². The third kappa shape index (κ3) is 9.93. The molecule has 0 aromatic heterocycles. The van der Waals surface area contributed by atoms with Gasteiger partial charge in [-0.25, -0.2) is 4.79 Å². The molecule has 3 aliphatic carbocycles. The van der Waals surface area contributed by atoms with E-state index in [0.29, 0.717) is 11.3 Å². The number of ketones is 1. The molecule has 57 heavy (non-hydrogen) atoms. The molecule has 5 rings (SSSR count). The van der Waals surface area contributed by atoms with Gasteiger partial charge in [0.1, 0.15) is 29.8 Å². The number of carboxylic acid groups (broad SMARTS) is 1. The number of fused-ring (bicyclic) bond motifs is 1. The van der Waals surface area contributed by atoms with Crippen molar-refractivity contribution in [1.29, 1.82) is 0 Å². The maximum atomic E-state index is 14.2. The Kier molecular flexibility index (Phi) is 13.7. The first kappa shape index (κ1) is 43.1. The number of carbonyl (C=O) groups excluding carboxylic acids is 5. The van der Waals surface area contributed by atoms with E-state index in [0.717, 1.165) is 46.3 Å². The zero-order valence-corrected chi connectivity index (χ0v) is 34.3. The van der Waals surface area contributed by atoms with Gasteiger partial charge >= 0.3 is 5.97 Å². The Morgan fingerprint density at radius 1 is 0.772 bits per heavy atom. The highest BCUT2D eigenvalue weighted by Gasteiger charge is 2.65. The first-order valence-corrected chi connectivity index (χ1v) is 20.6. The number of rotatable bonds is 18. The number of benzene rings is 2. The van der Waals surface area contributed by atoms with Crippen LogP contribution < -0.4 is 21.3 Å². The van der Waals surface area contributed by atoms with Crippen LogP contribution in [0.3, 0.4) is 0 Å². The summed E-state index contributed by atoms with van der Waals surface area (Å²) in [5.74, 6) is -3.28. The van der Waals surface area contributed by atoms with Crippen LogP contribution in [0.5, 0.6) is 0 Å². The third-order valence-corrected chi connectivity index (χ3v) is 12.3. The second-order valence-corrected chi connectivity index (χ2v) is 17.0. The minimum absolute atomic E-state index is 0.0214. The maximum Gasteiger partial charge on any atom is 0.326 e. The fraction of sp³-hybridized carbons (Fsp3) is 0.455. The van der Waals surface area contributed by atoms with E-state index in [1.54, 1.807) is 43.3 Å². The molecule has 1 fully saturated rings. The molecule has 6 N–H and O–H groups in total. The number of allylic oxidation sites excluding steroid dienone is 3. The number of aliphatic carboxylic acids is 1. The summed E-state index contributed by atoms with van der Waals surface area (Å²) in [6.45, 7) is 10.5. The number of aliphatic hydroxyl groups is 1. The van der Waals surface area contributed by atoms with Crippen molar-refractivity contribution in [2.75, 3.05) is 11.5 Å². The molecule has 0 radical (unpaired) electrons. The maximum absolute atomic E-state index is 14.2. The van der Waals surface area contributed by atoms with E-state index in [4.69, 9.17) is 0 Å². The molecule has 1 spiro atoms. The highest BCUT2D eigenvalue weighted by molar-refractivity contribution is 7.99. The molecule has 5 atom stereocenters. The van der Waals surface area contributed by atoms with Crippen molar-refractivity contribution in [3.63, 3.8) is 0 Å². The largest absolute Gasteiger partial charge is 0.480 e. The number of Topliss-reactive ketones (excluding diaryl/α,β-unsaturated/α-hetero) is 1. The molecule has 0 saturated heterocycles. The molecule has 3 aliphatic rings. The van der Waals surface area contributed by atoms with Crippen molar-refractivity contribution in [3.8, 4) is 0 Å². The standard InChI is InChI=1S/C44H54N4O8S/c1-25(2)19-35(42(54)55)48-40(52)34(22-30-15-11-8-12-16-30)46-39(51)33(21-29-13-9-7-10-14-29)47-41(53)36(45-28(5)49)24-57-23-32-26(3)20-31-37(32)27(4)44(17-18-44)43(6,56)38(31)50/h7-16,20,25,33-36,56H,17-19,21-24H2,1-6H3,(H,45,49)(H,46,51)(H,47,53)(H,48,52)(H,54,55)/t33-,34-,35-,36+,43-/m0/s1. The monoisotopic (exact) mass is 798 g/mol. The van der Waals surface area contributed by atoms with Crippen molar-refractivity contribution >= 4 is 47.1 Å². The van der Waals surface area contributed by atoms with Gasteiger partial charge in [-0.3, -0.25) is 24.0 Å². The lowest BCUT2D eigenvalue weighted by molar-refractivity contribution is -0.142. The van der Waals surface area contributed by atoms with Gasteiger partial charge in [0.15, 0.2) is 5.78 Å². The van der Waals surface area contributed by atoms with E-state index < -0.39 is 64.8 Å². The van der Waals surface area contributed by atoms with Crippen LogP contribution in [-0.2, 0) is 41.6 Å². The van der Waals surface area contributed by atoms with E-state index >= 15 is 0 Å². The van der Waals surface area contributed by atoms with Crippen LogP contribution in [0.15, 0.2) is 94.6 Å². The number of thioether (sulfide) groups is 1. The molecule has 12 nitrogen and oxygen atoms in total. The van der Waals surface area contributed by atoms with Gasteiger partial charge in [-0.05, 0) is 79.9 Å². The molecular formula is C44H54N4O8S. The zero-order valence-electron chi connectivity index (χ0n) is 33.4. The topological polar surface area (TPSA) is 191 Å². The third-order valence-electron chi connectivity index (χ3n) is 11.2. The van der Waals surface area contributed by atoms with Crippen LogP contribution in [-0.4, -0.2) is 86.9 Å². The molecule has 2 aromatic carbocycles. The van der Waals surface area contributed by atoms with Gasteiger partial charge in [0.05, 0.1) is 0 Å². The number of amides is 4. The van der Waals surface area contributed by atoms with Crippen molar-refractivity contribution in [1.82, 2.24) is 21.3 Å². The van der Waals surface area contributed by atoms with E-state index in [1.807, 2.05) is 58.0 Å². The van der Waals surface area contributed by atoms with Gasteiger partial charge in [-0.15, -0.1) is 0 Å². The van der Waals surface area contributed by atoms with Gasteiger partial charge in [0, 0.05) is 42.3 Å². The Balaban J connectivity index is 1.34. The Bertz CT molecular complexity index is 1980. The smallest absolute Gasteiger partial charge is 0.326 e. The van der Waals surface area contributed by atoms with Gasteiger partial charge in [-0.2, -0.15) is 11.8 Å². The number of nitrogens with one attached hydrogen (secondary N) is 4. The first-order valence-electron chi connectivity index (χ1n) is 19.4. The number of hydrogen-bond acceptors (Lipinski definition) is 8. The summed E-state index contributed by atoms with van der Waals surface area (Å²) < 4.78 is 0. The molecule has 304 valence electrons. The second kappa shape index (κ2) is 18.1. The molecule has 13 heteroatoms. The van der Waals surface area contributed by atoms with Gasteiger partial charge in [-0.1, -0.05) is 80.1 Å². The van der Waals surface area contributed by atoms with E-state index in [2.05, 4.69) is 21.3 Å². The lowest BCUT2D eigenvalue weighted by Crippen LogP contribution is -2.59. The minimum atomic E-state index is -1.47. The fourth-order valence-electron chi connectivity index (χ4n) is 7.93. The van der Waals surface area contributed by atoms with Crippen LogP contribution >= 0.6 is 11.8 Å². The minimum Gasteiger partial charge on any atom is -0.480 e. The van der Waals surface area contributed by atoms with Gasteiger partial charge < -0.3 is 31.5 Å². The summed E-state index contributed by atoms with van der Waals surface area (Å²) in [4.78, 5) is 79.8. The van der Waals surface area contributed by atoms with Crippen molar-refractivity contribution in [2.45, 2.75) is 103 Å². The molecule has 0 unspecified atom stereocenters. The molecule has 4 amide bonds. The quantitative estimate of drug-likeness (QED) is 0.130. The fourth-order valence-corrected chi connectivity index (χ4v) is 9.10. The second-order valence-electron chi connectivity index (χ2n) is 16.0. The predicted octanol–water partition coefficient (Wildman–Crippen LogP) is 3.98. The van der Waals surface area contributed by atoms with Crippen molar-refractivity contribution < 1.29 is 39.0 Å². The van der Waals surface area contributed by atoms with Crippen LogP contribution in [0.2, 0.25) is 0 Å². The molecule has 0 aliphatic heterocycles. The lowest BCUT2D eigenvalue weighted by atomic mass is 9.67. The Labute approximate surface area is 338 Å². The van der Waals surface area contributed by atoms with Gasteiger partial charge in [0.2, 0.25) is 23.6 Å². The van der Waals surface area contributed by atoms with Crippen molar-refractivity contribution in [2.24, 2.45) is 11.3 Å². The molecule has 1 saturated carbocycles. The van der Waals surface area contributed by atoms with Crippen LogP contribution in [0.1, 0.15) is 71.9 Å². The first-order chi connectivity index (χ1) is 26.9. The lowest BCUT2D eigenvalue weighted by Gasteiger charge is -2.39. The summed E-state index contributed by atoms with van der Waals surface area (Å²) in [5, 5.41) is 32.0. The number of hydrogen-bond donors (Lipinski definition) is 6. The molecular weight excluding hydrogens is 745 g/mol. The van der Waals surface area contributed by atoms with Gasteiger partial charge in [0.25, 0.3) is 0 Å².